The van der Waals surface area contributed by atoms with E-state index in [-0.39, 0.29) is 30.0 Å². The minimum Gasteiger partial charge on any atom is -0.461 e. The summed E-state index contributed by atoms with van der Waals surface area (Å²) in [5.74, 6) is -0.0433. The van der Waals surface area contributed by atoms with Gasteiger partial charge in [-0.2, -0.15) is 0 Å². The molecule has 2 rings (SSSR count). The number of imidazole rings is 1. The van der Waals surface area contributed by atoms with Crippen LogP contribution in [0.3, 0.4) is 0 Å². The summed E-state index contributed by atoms with van der Waals surface area (Å²) >= 11 is 5.56. The molecule has 0 bridgehead atoms. The van der Waals surface area contributed by atoms with Crippen LogP contribution in [0.25, 0.3) is 0 Å². The van der Waals surface area contributed by atoms with Gasteiger partial charge in [-0.15, -0.1) is 17.1 Å². The van der Waals surface area contributed by atoms with Gasteiger partial charge in [0.1, 0.15) is 6.33 Å². The molecule has 98 valence electrons. The average Bonchev–Trinajstić information content (AvgIpc) is 2.78. The zero-order valence-electron chi connectivity index (χ0n) is 9.64. The Labute approximate surface area is 108 Å². The molecule has 2 heterocycles. The van der Waals surface area contributed by atoms with Gasteiger partial charge in [0.15, 0.2) is 11.5 Å². The second kappa shape index (κ2) is 5.23. The minimum atomic E-state index is -0.584. The van der Waals surface area contributed by atoms with Gasteiger partial charge in [0.2, 0.25) is 0 Å². The molecule has 0 spiro atoms. The summed E-state index contributed by atoms with van der Waals surface area (Å²) in [7, 11) is 0. The van der Waals surface area contributed by atoms with Crippen molar-refractivity contribution < 1.29 is 14.3 Å². The molecule has 2 N–H and O–H groups in total. The van der Waals surface area contributed by atoms with Crippen molar-refractivity contribution in [3.63, 3.8) is 0 Å². The quantitative estimate of drug-likeness (QED) is 0.610. The van der Waals surface area contributed by atoms with Crippen molar-refractivity contribution in [2.75, 3.05) is 24.5 Å². The number of alkyl halides is 1. The molecule has 0 fully saturated rings. The fraction of sp³-hybridized carbons (Fsp3) is 0.444. The first-order valence-electron chi connectivity index (χ1n) is 5.33. The highest BCUT2D eigenvalue weighted by atomic mass is 35.5. The van der Waals surface area contributed by atoms with E-state index in [2.05, 4.69) is 15.9 Å². The SMILES string of the molecule is CCOC(=O)c1ncn2c1NNN(CCCl)C2=O. The van der Waals surface area contributed by atoms with Crippen LogP contribution in [0.4, 0.5) is 10.6 Å². The third-order valence-corrected chi connectivity index (χ3v) is 2.46. The molecule has 8 nitrogen and oxygen atoms in total. The fourth-order valence-electron chi connectivity index (χ4n) is 1.50. The predicted octanol–water partition coefficient (Wildman–Crippen LogP) is 0.414. The molecule has 0 radical (unpaired) electrons. The van der Waals surface area contributed by atoms with Gasteiger partial charge in [-0.25, -0.2) is 24.1 Å². The first kappa shape index (κ1) is 12.7. The van der Waals surface area contributed by atoms with E-state index in [9.17, 15) is 9.59 Å². The molecule has 0 aliphatic carbocycles. The Morgan fingerprint density at radius 1 is 1.61 bits per heavy atom. The first-order valence-corrected chi connectivity index (χ1v) is 5.86. The second-order valence-corrected chi connectivity index (χ2v) is 3.77. The summed E-state index contributed by atoms with van der Waals surface area (Å²) < 4.78 is 6.05. The van der Waals surface area contributed by atoms with Crippen LogP contribution in [0, 0.1) is 0 Å². The number of nitrogens with zero attached hydrogens (tertiary/aromatic N) is 3. The molecule has 9 heteroatoms. The Kier molecular flexibility index (Phi) is 3.68. The van der Waals surface area contributed by atoms with Crippen molar-refractivity contribution in [1.82, 2.24) is 20.1 Å². The van der Waals surface area contributed by atoms with Gasteiger partial charge < -0.3 is 4.74 Å². The molecule has 1 aliphatic heterocycles. The number of aromatic nitrogens is 2. The third-order valence-electron chi connectivity index (χ3n) is 2.29. The lowest BCUT2D eigenvalue weighted by Crippen LogP contribution is -2.53. The number of hydrogen-bond acceptors (Lipinski definition) is 6. The van der Waals surface area contributed by atoms with Crippen LogP contribution in [-0.2, 0) is 4.74 Å². The Hall–Kier alpha value is -1.80. The van der Waals surface area contributed by atoms with E-state index in [0.717, 1.165) is 0 Å². The molecule has 0 saturated carbocycles. The molecule has 1 aromatic heterocycles. The van der Waals surface area contributed by atoms with Gasteiger partial charge in [0.05, 0.1) is 13.2 Å². The molecule has 1 amide bonds. The number of carbonyl (C=O) groups is 2. The van der Waals surface area contributed by atoms with Gasteiger partial charge in [-0.3, -0.25) is 5.43 Å². The number of halogens is 1. The zero-order valence-corrected chi connectivity index (χ0v) is 10.4. The number of amides is 1. The smallest absolute Gasteiger partial charge is 0.360 e. The summed E-state index contributed by atoms with van der Waals surface area (Å²) in [5.41, 5.74) is 5.40. The summed E-state index contributed by atoms with van der Waals surface area (Å²) in [6.07, 6.45) is 1.26. The summed E-state index contributed by atoms with van der Waals surface area (Å²) in [6.45, 7) is 2.25. The number of fused-ring (bicyclic) bond motifs is 1. The number of ether oxygens (including phenoxy) is 1. The molecule has 0 aromatic carbocycles. The lowest BCUT2D eigenvalue weighted by Gasteiger charge is -2.28. The van der Waals surface area contributed by atoms with Crippen molar-refractivity contribution >= 4 is 29.4 Å². The van der Waals surface area contributed by atoms with Crippen LogP contribution in [0.15, 0.2) is 6.33 Å². The maximum atomic E-state index is 11.9. The van der Waals surface area contributed by atoms with Crippen molar-refractivity contribution in [2.45, 2.75) is 6.92 Å². The Morgan fingerprint density at radius 2 is 2.39 bits per heavy atom. The molecule has 0 saturated heterocycles. The van der Waals surface area contributed by atoms with E-state index >= 15 is 0 Å². The number of hydrogen-bond donors (Lipinski definition) is 2. The summed E-state index contributed by atoms with van der Waals surface area (Å²) in [4.78, 5) is 27.4. The van der Waals surface area contributed by atoms with Crippen molar-refractivity contribution in [3.8, 4) is 0 Å². The lowest BCUT2D eigenvalue weighted by molar-refractivity contribution is 0.0521. The minimum absolute atomic E-state index is 0.0585. The van der Waals surface area contributed by atoms with Crippen molar-refractivity contribution in [1.29, 1.82) is 0 Å². The number of anilines is 1. The van der Waals surface area contributed by atoms with Crippen LogP contribution in [0.2, 0.25) is 0 Å². The number of rotatable bonds is 4. The van der Waals surface area contributed by atoms with E-state index in [4.69, 9.17) is 16.3 Å². The van der Waals surface area contributed by atoms with Crippen LogP contribution >= 0.6 is 11.6 Å². The molecule has 1 aliphatic rings. The zero-order chi connectivity index (χ0) is 13.1. The molecule has 18 heavy (non-hydrogen) atoms. The maximum Gasteiger partial charge on any atom is 0.360 e. The number of carbonyl (C=O) groups excluding carboxylic acids is 2. The molecule has 0 atom stereocenters. The van der Waals surface area contributed by atoms with Crippen molar-refractivity contribution in [2.24, 2.45) is 0 Å². The lowest BCUT2D eigenvalue weighted by atomic mass is 10.4. The highest BCUT2D eigenvalue weighted by Gasteiger charge is 2.29. The topological polar surface area (TPSA) is 88.5 Å². The monoisotopic (exact) mass is 273 g/mol. The van der Waals surface area contributed by atoms with E-state index < -0.39 is 5.97 Å². The first-order chi connectivity index (χ1) is 8.69. The number of esters is 1. The van der Waals surface area contributed by atoms with E-state index in [0.29, 0.717) is 6.54 Å². The number of hydrazine groups is 2. The molecular weight excluding hydrogens is 262 g/mol. The van der Waals surface area contributed by atoms with Gasteiger partial charge >= 0.3 is 12.0 Å². The predicted molar refractivity (Wildman–Crippen MR) is 63.2 cm³/mol. The second-order valence-electron chi connectivity index (χ2n) is 3.39. The maximum absolute atomic E-state index is 11.9. The Balaban J connectivity index is 2.25. The molecule has 1 aromatic rings. The summed E-state index contributed by atoms with van der Waals surface area (Å²) in [5, 5.41) is 1.27. The van der Waals surface area contributed by atoms with Gasteiger partial charge in [0, 0.05) is 5.88 Å². The largest absolute Gasteiger partial charge is 0.461 e. The van der Waals surface area contributed by atoms with Crippen LogP contribution in [0.5, 0.6) is 0 Å². The van der Waals surface area contributed by atoms with E-state index in [1.807, 2.05) is 0 Å². The van der Waals surface area contributed by atoms with E-state index in [1.165, 1.54) is 15.9 Å². The van der Waals surface area contributed by atoms with Gasteiger partial charge in [-0.1, -0.05) is 0 Å². The standard InChI is InChI=1S/C9H12ClN5O3/c1-2-18-8(16)6-7-12-13-15(4-3-10)9(17)14(7)5-11-6/h5,12-13H,2-4H2,1H3. The van der Waals surface area contributed by atoms with Gasteiger partial charge in [-0.05, 0) is 6.92 Å². The Bertz CT molecular complexity index is 475. The molecular formula is C9H12ClN5O3. The van der Waals surface area contributed by atoms with Crippen molar-refractivity contribution in [3.05, 3.63) is 12.0 Å². The average molecular weight is 274 g/mol. The third kappa shape index (κ3) is 2.12. The van der Waals surface area contributed by atoms with Crippen LogP contribution < -0.4 is 11.0 Å². The fourth-order valence-corrected chi connectivity index (χ4v) is 1.67. The van der Waals surface area contributed by atoms with Gasteiger partial charge in [0.25, 0.3) is 0 Å². The number of nitrogens with one attached hydrogen (secondary N) is 2. The van der Waals surface area contributed by atoms with Crippen LogP contribution in [-0.4, -0.2) is 45.6 Å². The Morgan fingerprint density at radius 3 is 3.06 bits per heavy atom. The normalized spacial score (nSPS) is 14.1. The van der Waals surface area contributed by atoms with Crippen LogP contribution in [0.1, 0.15) is 17.4 Å². The summed E-state index contributed by atoms with van der Waals surface area (Å²) in [6, 6.07) is -0.368. The van der Waals surface area contributed by atoms with E-state index in [1.54, 1.807) is 6.92 Å². The highest BCUT2D eigenvalue weighted by molar-refractivity contribution is 6.18. The molecule has 0 unspecified atom stereocenters. The highest BCUT2D eigenvalue weighted by Crippen LogP contribution is 2.18.